The molecule has 0 fully saturated rings. The Balaban J connectivity index is -0.000000511. The smallest absolute Gasteiger partial charge is 0.0787 e. The van der Waals surface area contributed by atoms with E-state index in [0.29, 0.717) is 58.1 Å². The van der Waals surface area contributed by atoms with Gasteiger partial charge in [-0.2, -0.15) is 0 Å². The molecule has 1 unspecified atom stereocenters. The van der Waals surface area contributed by atoms with E-state index in [1.165, 1.54) is 0 Å². The fourth-order valence-corrected chi connectivity index (χ4v) is 2.27. The molecular formula is C26H58O6. The monoisotopic (exact) mass is 466 g/mol. The molecule has 0 heterocycles. The number of rotatable bonds is 16. The van der Waals surface area contributed by atoms with Crippen molar-refractivity contribution in [3.63, 3.8) is 0 Å². The maximum absolute atomic E-state index is 5.72. The molecular weight excluding hydrogens is 408 g/mol. The second kappa shape index (κ2) is 21.3. The molecule has 0 aromatic rings. The largest absolute Gasteiger partial charge is 0.379 e. The lowest BCUT2D eigenvalue weighted by atomic mass is 10.2. The summed E-state index contributed by atoms with van der Waals surface area (Å²) < 4.78 is 32.8. The van der Waals surface area contributed by atoms with Crippen LogP contribution in [0, 0.1) is 11.8 Å². The molecule has 0 saturated heterocycles. The van der Waals surface area contributed by atoms with Gasteiger partial charge in [-0.15, -0.1) is 0 Å². The zero-order valence-corrected chi connectivity index (χ0v) is 22.5. The predicted molar refractivity (Wildman–Crippen MR) is 136 cm³/mol. The van der Waals surface area contributed by atoms with Crippen LogP contribution in [0.3, 0.4) is 0 Å². The first-order valence-electron chi connectivity index (χ1n) is 11.9. The van der Waals surface area contributed by atoms with E-state index in [9.17, 15) is 0 Å². The Labute approximate surface area is 201 Å². The molecule has 0 aliphatic heterocycles. The van der Waals surface area contributed by atoms with Crippen molar-refractivity contribution in [3.05, 3.63) is 0 Å². The minimum atomic E-state index is -0.100. The van der Waals surface area contributed by atoms with Crippen LogP contribution in [0.1, 0.15) is 83.6 Å². The zero-order valence-electron chi connectivity index (χ0n) is 22.5. The lowest BCUT2D eigenvalue weighted by Crippen LogP contribution is -2.29. The van der Waals surface area contributed by atoms with Crippen molar-refractivity contribution in [1.29, 1.82) is 0 Å². The van der Waals surface area contributed by atoms with Crippen LogP contribution >= 0.6 is 0 Å². The number of hydrogen-bond acceptors (Lipinski definition) is 6. The van der Waals surface area contributed by atoms with Crippen LogP contribution in [0.4, 0.5) is 0 Å². The Morgan fingerprint density at radius 3 is 1.25 bits per heavy atom. The summed E-state index contributed by atoms with van der Waals surface area (Å²) in [6.45, 7) is 29.0. The van der Waals surface area contributed by atoms with Gasteiger partial charge in [-0.05, 0) is 60.3 Å². The van der Waals surface area contributed by atoms with E-state index in [-0.39, 0.29) is 24.7 Å². The van der Waals surface area contributed by atoms with E-state index in [1.807, 2.05) is 27.7 Å². The van der Waals surface area contributed by atoms with Gasteiger partial charge in [0.2, 0.25) is 0 Å². The zero-order chi connectivity index (χ0) is 24.3. The summed E-state index contributed by atoms with van der Waals surface area (Å²) in [7, 11) is 0. The van der Waals surface area contributed by atoms with Gasteiger partial charge in [0.15, 0.2) is 0 Å². The molecule has 0 saturated carbocycles. The summed E-state index contributed by atoms with van der Waals surface area (Å²) in [5.41, 5.74) is -0.172. The van der Waals surface area contributed by atoms with Crippen LogP contribution in [0.5, 0.6) is 0 Å². The van der Waals surface area contributed by atoms with Gasteiger partial charge in [-0.1, -0.05) is 35.1 Å². The van der Waals surface area contributed by atoms with Gasteiger partial charge in [0, 0.05) is 13.2 Å². The molecule has 6 heteroatoms. The third kappa shape index (κ3) is 37.1. The Bertz CT molecular complexity index is 371. The van der Waals surface area contributed by atoms with Crippen molar-refractivity contribution in [2.24, 2.45) is 11.8 Å². The van der Waals surface area contributed by atoms with Gasteiger partial charge in [0.25, 0.3) is 0 Å². The third-order valence-electron chi connectivity index (χ3n) is 3.32. The minimum Gasteiger partial charge on any atom is -0.379 e. The van der Waals surface area contributed by atoms with Gasteiger partial charge >= 0.3 is 0 Å². The topological polar surface area (TPSA) is 55.4 Å². The van der Waals surface area contributed by atoms with E-state index >= 15 is 0 Å². The molecule has 32 heavy (non-hydrogen) atoms. The summed E-state index contributed by atoms with van der Waals surface area (Å²) in [5.74, 6) is 1.18. The first kappa shape index (κ1) is 36.3. The molecule has 0 aromatic heterocycles. The molecule has 0 rings (SSSR count). The van der Waals surface area contributed by atoms with Crippen molar-refractivity contribution in [1.82, 2.24) is 0 Å². The van der Waals surface area contributed by atoms with Gasteiger partial charge < -0.3 is 28.4 Å². The number of hydrogen-bond donors (Lipinski definition) is 0. The van der Waals surface area contributed by atoms with E-state index < -0.39 is 0 Å². The predicted octanol–water partition coefficient (Wildman–Crippen LogP) is 6.01. The molecule has 0 aliphatic carbocycles. The lowest BCUT2D eigenvalue weighted by Gasteiger charge is -2.24. The lowest BCUT2D eigenvalue weighted by molar-refractivity contribution is -0.0888. The quantitative estimate of drug-likeness (QED) is 0.260. The Morgan fingerprint density at radius 1 is 0.500 bits per heavy atom. The highest BCUT2D eigenvalue weighted by Gasteiger charge is 2.14. The summed E-state index contributed by atoms with van der Waals surface area (Å²) >= 11 is 0. The molecule has 0 spiro atoms. The third-order valence-corrected chi connectivity index (χ3v) is 3.32. The molecule has 198 valence electrons. The van der Waals surface area contributed by atoms with Crippen molar-refractivity contribution in [2.45, 2.75) is 101 Å². The summed E-state index contributed by atoms with van der Waals surface area (Å²) in [6, 6.07) is 0. The van der Waals surface area contributed by atoms with E-state index in [1.54, 1.807) is 0 Å². The van der Waals surface area contributed by atoms with Gasteiger partial charge in [0.1, 0.15) is 0 Å². The molecule has 0 aromatic carbocycles. The maximum Gasteiger partial charge on any atom is 0.0787 e. The number of ether oxygens (including phenoxy) is 6. The fraction of sp³-hybridized carbons (Fsp3) is 1.00. The van der Waals surface area contributed by atoms with Crippen LogP contribution < -0.4 is 0 Å². The molecule has 1 atom stereocenters. The van der Waals surface area contributed by atoms with Crippen LogP contribution in [0.15, 0.2) is 0 Å². The van der Waals surface area contributed by atoms with E-state index in [0.717, 1.165) is 13.2 Å². The molecule has 0 radical (unpaired) electrons. The molecule has 0 amide bonds. The highest BCUT2D eigenvalue weighted by molar-refractivity contribution is 4.62. The normalized spacial score (nSPS) is 13.0. The summed E-state index contributed by atoms with van der Waals surface area (Å²) in [6.07, 6.45) is 0.130. The summed E-state index contributed by atoms with van der Waals surface area (Å²) in [5, 5.41) is 0. The minimum absolute atomic E-state index is 0. The molecule has 6 nitrogen and oxygen atoms in total. The maximum atomic E-state index is 5.72. The van der Waals surface area contributed by atoms with Gasteiger partial charge in [0.05, 0.1) is 63.6 Å². The Kier molecular flexibility index (Phi) is 24.2. The van der Waals surface area contributed by atoms with Crippen molar-refractivity contribution in [2.75, 3.05) is 59.5 Å². The standard InChI is InChI=1S/C13H28O3.C12H26O3.CH4/c1-11(2)9-14-7-8-15-10-12(3)16-13(4,5)6;1-11(2)10-14-7-6-13-8-9-15-12(3,4)5;/h11-12H,7-10H2,1-6H3;11H,6-10H2,1-5H3;1H4. The molecule has 0 N–H and O–H groups in total. The second-order valence-corrected chi connectivity index (χ2v) is 10.6. The highest BCUT2D eigenvalue weighted by atomic mass is 16.6. The van der Waals surface area contributed by atoms with Gasteiger partial charge in [-0.25, -0.2) is 0 Å². The second-order valence-electron chi connectivity index (χ2n) is 10.6. The van der Waals surface area contributed by atoms with Crippen molar-refractivity contribution in [3.8, 4) is 0 Å². The molecule has 0 bridgehead atoms. The Morgan fingerprint density at radius 2 is 0.875 bits per heavy atom. The van der Waals surface area contributed by atoms with Crippen LogP contribution in [0.25, 0.3) is 0 Å². The van der Waals surface area contributed by atoms with Crippen molar-refractivity contribution >= 4 is 0 Å². The fourth-order valence-electron chi connectivity index (χ4n) is 2.27. The van der Waals surface area contributed by atoms with Crippen LogP contribution in [-0.4, -0.2) is 76.8 Å². The van der Waals surface area contributed by atoms with E-state index in [2.05, 4.69) is 48.5 Å². The molecule has 0 aliphatic rings. The van der Waals surface area contributed by atoms with Crippen LogP contribution in [-0.2, 0) is 28.4 Å². The van der Waals surface area contributed by atoms with Crippen LogP contribution in [0.2, 0.25) is 0 Å². The average molecular weight is 467 g/mol. The van der Waals surface area contributed by atoms with Crippen molar-refractivity contribution < 1.29 is 28.4 Å². The first-order valence-corrected chi connectivity index (χ1v) is 11.9. The first-order chi connectivity index (χ1) is 14.2. The summed E-state index contributed by atoms with van der Waals surface area (Å²) in [4.78, 5) is 0. The Hall–Kier alpha value is -0.240. The average Bonchev–Trinajstić information content (AvgIpc) is 2.58. The SMILES string of the molecule is C.CC(C)COCCOCC(C)OC(C)(C)C.CC(C)COCCOCCOC(C)(C)C. The highest BCUT2D eigenvalue weighted by Crippen LogP contribution is 2.10. The van der Waals surface area contributed by atoms with E-state index in [4.69, 9.17) is 28.4 Å². The van der Waals surface area contributed by atoms with Gasteiger partial charge in [-0.3, -0.25) is 0 Å².